The van der Waals surface area contributed by atoms with Crippen LogP contribution in [0.25, 0.3) is 0 Å². The van der Waals surface area contributed by atoms with Crippen molar-refractivity contribution >= 4 is 24.0 Å². The molecule has 1 N–H and O–H groups in total. The number of ether oxygens (including phenoxy) is 2. The molecule has 2 aromatic rings. The topological polar surface area (TPSA) is 112 Å². The first-order chi connectivity index (χ1) is 20.9. The third-order valence-electron chi connectivity index (χ3n) is 8.75. The first-order valence-corrected chi connectivity index (χ1v) is 15.0. The molecule has 4 aliphatic rings. The first-order valence-electron chi connectivity index (χ1n) is 15.0. The van der Waals surface area contributed by atoms with Gasteiger partial charge in [-0.1, -0.05) is 60.7 Å². The molecule has 6 rings (SSSR count). The fourth-order valence-electron chi connectivity index (χ4n) is 6.64. The number of hydrogen-bond donors (Lipinski definition) is 1. The number of benzene rings is 2. The third-order valence-corrected chi connectivity index (χ3v) is 8.75. The summed E-state index contributed by atoms with van der Waals surface area (Å²) < 4.78 is 10.9. The lowest BCUT2D eigenvalue weighted by Gasteiger charge is -2.50. The number of hydrazine groups is 1. The minimum atomic E-state index is -0.715. The van der Waals surface area contributed by atoms with E-state index in [2.05, 4.69) is 5.43 Å². The van der Waals surface area contributed by atoms with Gasteiger partial charge in [0.1, 0.15) is 18.2 Å². The van der Waals surface area contributed by atoms with Crippen LogP contribution in [0.2, 0.25) is 0 Å². The van der Waals surface area contributed by atoms with Crippen LogP contribution in [0.15, 0.2) is 72.4 Å². The van der Waals surface area contributed by atoms with Gasteiger partial charge in [-0.15, -0.1) is 0 Å². The van der Waals surface area contributed by atoms with Gasteiger partial charge in [-0.2, -0.15) is 0 Å². The zero-order chi connectivity index (χ0) is 31.2. The molecule has 4 heterocycles. The van der Waals surface area contributed by atoms with Crippen molar-refractivity contribution in [3.8, 4) is 0 Å². The fraction of sp³-hybridized carbons (Fsp3) is 0.455. The van der Waals surface area contributed by atoms with Crippen LogP contribution in [0.4, 0.5) is 9.59 Å². The largest absolute Gasteiger partial charge is 0.446 e. The van der Waals surface area contributed by atoms with E-state index in [1.54, 1.807) is 30.6 Å². The Labute approximate surface area is 257 Å². The number of amides is 4. The maximum atomic E-state index is 14.3. The number of likely N-dealkylation sites (tertiary alicyclic amines) is 2. The van der Waals surface area contributed by atoms with E-state index < -0.39 is 41.1 Å². The predicted octanol–water partition coefficient (Wildman–Crippen LogP) is 3.69. The van der Waals surface area contributed by atoms with E-state index in [-0.39, 0.29) is 44.7 Å². The molecule has 3 saturated heterocycles. The van der Waals surface area contributed by atoms with Crippen molar-refractivity contribution in [1.29, 1.82) is 0 Å². The van der Waals surface area contributed by atoms with Crippen LogP contribution < -0.4 is 5.43 Å². The van der Waals surface area contributed by atoms with Gasteiger partial charge in [-0.3, -0.25) is 9.59 Å². The van der Waals surface area contributed by atoms with Crippen LogP contribution >= 0.6 is 0 Å². The van der Waals surface area contributed by atoms with E-state index in [4.69, 9.17) is 9.47 Å². The summed E-state index contributed by atoms with van der Waals surface area (Å²) in [5.74, 6) is -1.26. The number of nitrogens with zero attached hydrogens (tertiary/aromatic N) is 4. The van der Waals surface area contributed by atoms with Crippen molar-refractivity contribution in [1.82, 2.24) is 25.1 Å². The average molecular weight is 602 g/mol. The summed E-state index contributed by atoms with van der Waals surface area (Å²) in [7, 11) is 0. The van der Waals surface area contributed by atoms with Gasteiger partial charge < -0.3 is 24.3 Å². The Morgan fingerprint density at radius 2 is 1.61 bits per heavy atom. The van der Waals surface area contributed by atoms with Crippen molar-refractivity contribution in [3.63, 3.8) is 0 Å². The molecule has 3 atom stereocenters. The molecule has 0 saturated carbocycles. The number of cyclic esters (lactones) is 1. The van der Waals surface area contributed by atoms with E-state index in [1.807, 2.05) is 78.8 Å². The summed E-state index contributed by atoms with van der Waals surface area (Å²) in [5, 5.41) is 1.90. The molecule has 2 aromatic carbocycles. The Hall–Kier alpha value is -4.38. The van der Waals surface area contributed by atoms with Crippen LogP contribution in [0.5, 0.6) is 0 Å². The van der Waals surface area contributed by atoms with Gasteiger partial charge >= 0.3 is 12.2 Å². The van der Waals surface area contributed by atoms with E-state index in [9.17, 15) is 19.2 Å². The second-order valence-corrected chi connectivity index (χ2v) is 13.2. The normalized spacial score (nSPS) is 24.3. The first kappa shape index (κ1) is 29.7. The standard InChI is InChI=1S/C33H39N5O6/c1-22-25(16-37(34-22)15-23-11-7-5-8-12-23)28(39)35-17-26(33(19-35)20-36(21-33)30(41)44-32(2,3)4)29(40)38-27(18-43-31(38)42)24-13-9-6-10-14-24/h5-14,16,22,26-27,34H,15,17-21H2,1-4H3/t22?,26-,27-/m0/s1. The predicted molar refractivity (Wildman–Crippen MR) is 160 cm³/mol. The van der Waals surface area contributed by atoms with Crippen molar-refractivity contribution < 1.29 is 28.7 Å². The quantitative estimate of drug-likeness (QED) is 0.553. The highest BCUT2D eigenvalue weighted by atomic mass is 16.6. The number of hydrogen-bond acceptors (Lipinski definition) is 8. The van der Waals surface area contributed by atoms with E-state index in [0.29, 0.717) is 12.1 Å². The van der Waals surface area contributed by atoms with Gasteiger partial charge in [0.2, 0.25) is 5.91 Å². The second kappa shape index (κ2) is 11.3. The van der Waals surface area contributed by atoms with Crippen molar-refractivity contribution in [3.05, 3.63) is 83.6 Å². The molecule has 4 amide bonds. The summed E-state index contributed by atoms with van der Waals surface area (Å²) in [6.07, 6.45) is 0.675. The summed E-state index contributed by atoms with van der Waals surface area (Å²) in [5.41, 5.74) is 4.45. The van der Waals surface area contributed by atoms with Gasteiger partial charge in [-0.05, 0) is 38.8 Å². The van der Waals surface area contributed by atoms with Crippen molar-refractivity contribution in [2.45, 2.75) is 51.9 Å². The minimum absolute atomic E-state index is 0.0638. The molecular weight excluding hydrogens is 562 g/mol. The SMILES string of the molecule is CC1NN(Cc2ccccc2)C=C1C(=O)N1C[C@@H](C(=O)N2C(=O)OC[C@H]2c2ccccc2)C2(CN(C(=O)OC(C)(C)C)C2)C1. The average Bonchev–Trinajstić information content (AvgIpc) is 3.66. The Morgan fingerprint density at radius 1 is 0.977 bits per heavy atom. The molecule has 11 heteroatoms. The zero-order valence-electron chi connectivity index (χ0n) is 25.6. The van der Waals surface area contributed by atoms with E-state index in [0.717, 1.165) is 11.1 Å². The highest BCUT2D eigenvalue weighted by Gasteiger charge is 2.61. The Kier molecular flexibility index (Phi) is 7.61. The van der Waals surface area contributed by atoms with Crippen LogP contribution in [0, 0.1) is 11.3 Å². The second-order valence-electron chi connectivity index (χ2n) is 13.2. The van der Waals surface area contributed by atoms with Crippen LogP contribution in [0.1, 0.15) is 44.9 Å². The van der Waals surface area contributed by atoms with Crippen LogP contribution in [-0.2, 0) is 25.6 Å². The number of carbonyl (C=O) groups excluding carboxylic acids is 4. The monoisotopic (exact) mass is 601 g/mol. The molecule has 4 aliphatic heterocycles. The summed E-state index contributed by atoms with van der Waals surface area (Å²) >= 11 is 0. The van der Waals surface area contributed by atoms with Gasteiger partial charge in [0.15, 0.2) is 0 Å². The number of carbonyl (C=O) groups is 4. The fourth-order valence-corrected chi connectivity index (χ4v) is 6.64. The third kappa shape index (κ3) is 5.63. The van der Waals surface area contributed by atoms with Gasteiger partial charge in [0, 0.05) is 37.8 Å². The van der Waals surface area contributed by atoms with Crippen molar-refractivity contribution in [2.75, 3.05) is 32.8 Å². The maximum Gasteiger partial charge on any atom is 0.417 e. The molecule has 44 heavy (non-hydrogen) atoms. The molecule has 0 radical (unpaired) electrons. The molecule has 1 spiro atoms. The van der Waals surface area contributed by atoms with Gasteiger partial charge in [0.25, 0.3) is 5.91 Å². The van der Waals surface area contributed by atoms with Crippen molar-refractivity contribution in [2.24, 2.45) is 11.3 Å². The lowest BCUT2D eigenvalue weighted by molar-refractivity contribution is -0.141. The zero-order valence-corrected chi connectivity index (χ0v) is 25.6. The minimum Gasteiger partial charge on any atom is -0.446 e. The molecule has 1 unspecified atom stereocenters. The lowest BCUT2D eigenvalue weighted by Crippen LogP contribution is -2.64. The number of rotatable bonds is 5. The highest BCUT2D eigenvalue weighted by molar-refractivity contribution is 5.98. The van der Waals surface area contributed by atoms with Crippen LogP contribution in [0.3, 0.4) is 0 Å². The maximum absolute atomic E-state index is 14.3. The number of imide groups is 1. The lowest BCUT2D eigenvalue weighted by atomic mass is 9.71. The summed E-state index contributed by atoms with van der Waals surface area (Å²) in [6, 6.07) is 18.5. The molecule has 11 nitrogen and oxygen atoms in total. The molecule has 3 fully saturated rings. The Bertz CT molecular complexity index is 1470. The van der Waals surface area contributed by atoms with E-state index in [1.165, 1.54) is 4.90 Å². The molecule has 232 valence electrons. The molecule has 0 aromatic heterocycles. The molecular formula is C33H39N5O6. The summed E-state index contributed by atoms with van der Waals surface area (Å²) in [4.78, 5) is 58.6. The summed E-state index contributed by atoms with van der Waals surface area (Å²) in [6.45, 7) is 8.90. The Balaban J connectivity index is 1.24. The number of nitrogens with one attached hydrogen (secondary N) is 1. The van der Waals surface area contributed by atoms with Crippen LogP contribution in [-0.4, -0.2) is 88.1 Å². The smallest absolute Gasteiger partial charge is 0.417 e. The van der Waals surface area contributed by atoms with Gasteiger partial charge in [-0.25, -0.2) is 19.9 Å². The highest BCUT2D eigenvalue weighted by Crippen LogP contribution is 2.47. The van der Waals surface area contributed by atoms with Gasteiger partial charge in [0.05, 0.1) is 24.1 Å². The molecule has 0 bridgehead atoms. The van der Waals surface area contributed by atoms with E-state index >= 15 is 0 Å². The Morgan fingerprint density at radius 3 is 2.27 bits per heavy atom. The molecule has 0 aliphatic carbocycles.